The van der Waals surface area contributed by atoms with E-state index >= 15 is 0 Å². The third kappa shape index (κ3) is 3.22. The van der Waals surface area contributed by atoms with Crippen LogP contribution in [0.2, 0.25) is 0 Å². The summed E-state index contributed by atoms with van der Waals surface area (Å²) in [6, 6.07) is 11.3. The number of aromatic nitrogens is 6. The van der Waals surface area contributed by atoms with Crippen molar-refractivity contribution in [1.82, 2.24) is 29.0 Å². The number of aryl methyl sites for hydroxylation is 1. The second-order valence-corrected chi connectivity index (χ2v) is 6.12. The first-order valence-electron chi connectivity index (χ1n) is 7.80. The number of benzene rings is 2. The zero-order valence-corrected chi connectivity index (χ0v) is 14.6. The lowest BCUT2D eigenvalue weighted by Crippen LogP contribution is -2.22. The molecule has 0 fully saturated rings. The Morgan fingerprint density at radius 3 is 2.96 bits per heavy atom. The van der Waals surface area contributed by atoms with Gasteiger partial charge in [0.2, 0.25) is 5.91 Å². The average Bonchev–Trinajstić information content (AvgIpc) is 3.33. The molecule has 0 bridgehead atoms. The smallest absolute Gasteiger partial charge is 0.243 e. The van der Waals surface area contributed by atoms with Crippen LogP contribution in [-0.2, 0) is 4.79 Å². The van der Waals surface area contributed by atoms with E-state index in [9.17, 15) is 4.79 Å². The predicted molar refractivity (Wildman–Crippen MR) is 98.4 cm³/mol. The first-order valence-corrected chi connectivity index (χ1v) is 8.53. The summed E-state index contributed by atoms with van der Waals surface area (Å²) in [5.74, 6) is -0.169. The van der Waals surface area contributed by atoms with Crippen molar-refractivity contribution in [1.29, 1.82) is 0 Å². The molecular weight excluding hydrogens is 352 g/mol. The van der Waals surface area contributed by atoms with Gasteiger partial charge in [-0.1, -0.05) is 12.1 Å². The normalized spacial score (nSPS) is 10.8. The SMILES string of the molecule is Cc1ccc(-n2cnnn2)cc1NCC(=O)Nc1cccc2nsnc12. The summed E-state index contributed by atoms with van der Waals surface area (Å²) in [7, 11) is 0. The molecule has 2 aromatic heterocycles. The summed E-state index contributed by atoms with van der Waals surface area (Å²) in [5, 5.41) is 17.1. The van der Waals surface area contributed by atoms with Gasteiger partial charge in [0.15, 0.2) is 0 Å². The predicted octanol–water partition coefficient (Wildman–Crippen LogP) is 2.03. The standard InChI is InChI=1S/C16H14N8OS/c1-10-5-6-11(24-9-18-22-23-24)7-14(10)17-8-15(25)19-12-3-2-4-13-16(12)21-26-20-13/h2-7,9,17H,8H2,1H3,(H,19,25). The van der Waals surface area contributed by atoms with Gasteiger partial charge in [0.25, 0.3) is 0 Å². The van der Waals surface area contributed by atoms with Crippen LogP contribution in [0.25, 0.3) is 16.7 Å². The van der Waals surface area contributed by atoms with Gasteiger partial charge in [0.1, 0.15) is 17.4 Å². The number of carbonyl (C=O) groups excluding carboxylic acids is 1. The molecule has 9 nitrogen and oxygen atoms in total. The Hall–Kier alpha value is -3.40. The van der Waals surface area contributed by atoms with E-state index in [1.54, 1.807) is 4.68 Å². The van der Waals surface area contributed by atoms with Gasteiger partial charge in [0, 0.05) is 5.69 Å². The second-order valence-electron chi connectivity index (χ2n) is 5.59. The summed E-state index contributed by atoms with van der Waals surface area (Å²) in [5.41, 5.74) is 4.78. The molecule has 2 aromatic carbocycles. The lowest BCUT2D eigenvalue weighted by Gasteiger charge is -2.11. The van der Waals surface area contributed by atoms with E-state index in [-0.39, 0.29) is 12.5 Å². The molecule has 0 saturated heterocycles. The molecule has 1 amide bonds. The lowest BCUT2D eigenvalue weighted by molar-refractivity contribution is -0.114. The maximum Gasteiger partial charge on any atom is 0.243 e. The molecule has 10 heteroatoms. The number of amides is 1. The Bertz CT molecular complexity index is 1060. The van der Waals surface area contributed by atoms with Gasteiger partial charge in [-0.05, 0) is 47.2 Å². The molecular formula is C16H14N8OS. The second kappa shape index (κ2) is 6.84. The number of nitrogens with zero attached hydrogens (tertiary/aromatic N) is 6. The highest BCUT2D eigenvalue weighted by atomic mass is 32.1. The van der Waals surface area contributed by atoms with Crippen molar-refractivity contribution in [2.24, 2.45) is 0 Å². The number of fused-ring (bicyclic) bond motifs is 1. The van der Waals surface area contributed by atoms with Gasteiger partial charge in [-0.25, -0.2) is 4.68 Å². The van der Waals surface area contributed by atoms with Crippen molar-refractivity contribution < 1.29 is 4.79 Å². The van der Waals surface area contributed by atoms with Crippen LogP contribution in [-0.4, -0.2) is 41.4 Å². The number of hydrogen-bond acceptors (Lipinski definition) is 8. The van der Waals surface area contributed by atoms with Crippen LogP contribution in [0.5, 0.6) is 0 Å². The van der Waals surface area contributed by atoms with Gasteiger partial charge in [-0.3, -0.25) is 4.79 Å². The highest BCUT2D eigenvalue weighted by Gasteiger charge is 2.09. The third-order valence-corrected chi connectivity index (χ3v) is 4.38. The highest BCUT2D eigenvalue weighted by Crippen LogP contribution is 2.21. The van der Waals surface area contributed by atoms with Gasteiger partial charge in [-0.2, -0.15) is 8.75 Å². The molecule has 0 radical (unpaired) electrons. The van der Waals surface area contributed by atoms with E-state index in [4.69, 9.17) is 0 Å². The number of nitrogens with one attached hydrogen (secondary N) is 2. The van der Waals surface area contributed by atoms with Crippen molar-refractivity contribution in [2.45, 2.75) is 6.92 Å². The molecule has 0 aliphatic rings. The Labute approximate surface area is 152 Å². The average molecular weight is 366 g/mol. The number of hydrogen-bond donors (Lipinski definition) is 2. The van der Waals surface area contributed by atoms with Crippen LogP contribution in [0.3, 0.4) is 0 Å². The fraction of sp³-hybridized carbons (Fsp3) is 0.125. The highest BCUT2D eigenvalue weighted by molar-refractivity contribution is 7.00. The lowest BCUT2D eigenvalue weighted by atomic mass is 10.2. The zero-order chi connectivity index (χ0) is 17.9. The zero-order valence-electron chi connectivity index (χ0n) is 13.7. The van der Waals surface area contributed by atoms with E-state index in [1.165, 1.54) is 6.33 Å². The number of anilines is 2. The summed E-state index contributed by atoms with van der Waals surface area (Å²) in [6.45, 7) is 2.08. The third-order valence-electron chi connectivity index (χ3n) is 3.83. The van der Waals surface area contributed by atoms with Gasteiger partial charge >= 0.3 is 0 Å². The van der Waals surface area contributed by atoms with Crippen molar-refractivity contribution in [2.75, 3.05) is 17.2 Å². The first kappa shape index (κ1) is 16.1. The molecule has 26 heavy (non-hydrogen) atoms. The van der Waals surface area contributed by atoms with Gasteiger partial charge < -0.3 is 10.6 Å². The summed E-state index contributed by atoms with van der Waals surface area (Å²) in [4.78, 5) is 12.3. The van der Waals surface area contributed by atoms with E-state index in [1.807, 2.05) is 43.3 Å². The van der Waals surface area contributed by atoms with Crippen LogP contribution < -0.4 is 10.6 Å². The van der Waals surface area contributed by atoms with Crippen molar-refractivity contribution in [3.05, 3.63) is 48.3 Å². The molecule has 130 valence electrons. The Kier molecular flexibility index (Phi) is 4.23. The maximum absolute atomic E-state index is 12.3. The quantitative estimate of drug-likeness (QED) is 0.556. The van der Waals surface area contributed by atoms with Crippen LogP contribution in [0.15, 0.2) is 42.7 Å². The van der Waals surface area contributed by atoms with Gasteiger partial charge in [-0.15, -0.1) is 5.10 Å². The van der Waals surface area contributed by atoms with Crippen molar-refractivity contribution in [3.8, 4) is 5.69 Å². The largest absolute Gasteiger partial charge is 0.376 e. The summed E-state index contributed by atoms with van der Waals surface area (Å²) < 4.78 is 9.95. The molecule has 0 atom stereocenters. The Balaban J connectivity index is 1.46. The number of rotatable bonds is 5. The van der Waals surface area contributed by atoms with Crippen molar-refractivity contribution >= 4 is 40.0 Å². The molecule has 0 saturated carbocycles. The molecule has 0 aliphatic heterocycles. The van der Waals surface area contributed by atoms with E-state index in [0.29, 0.717) is 11.2 Å². The molecule has 0 spiro atoms. The minimum atomic E-state index is -0.169. The minimum Gasteiger partial charge on any atom is -0.376 e. The minimum absolute atomic E-state index is 0.119. The molecule has 4 rings (SSSR count). The summed E-state index contributed by atoms with van der Waals surface area (Å²) >= 11 is 1.12. The van der Waals surface area contributed by atoms with E-state index in [2.05, 4.69) is 34.9 Å². The van der Waals surface area contributed by atoms with Crippen LogP contribution in [0.4, 0.5) is 11.4 Å². The number of carbonyl (C=O) groups is 1. The van der Waals surface area contributed by atoms with E-state index < -0.39 is 0 Å². The van der Waals surface area contributed by atoms with E-state index in [0.717, 1.165) is 34.2 Å². The number of tetrazole rings is 1. The first-order chi connectivity index (χ1) is 12.7. The van der Waals surface area contributed by atoms with Crippen LogP contribution in [0, 0.1) is 6.92 Å². The topological polar surface area (TPSA) is 111 Å². The van der Waals surface area contributed by atoms with Crippen molar-refractivity contribution in [3.63, 3.8) is 0 Å². The molecule has 4 aromatic rings. The molecule has 2 heterocycles. The van der Waals surface area contributed by atoms with Gasteiger partial charge in [0.05, 0.1) is 29.6 Å². The molecule has 0 unspecified atom stereocenters. The molecule has 0 aliphatic carbocycles. The summed E-state index contributed by atoms with van der Waals surface area (Å²) in [6.07, 6.45) is 1.52. The Morgan fingerprint density at radius 2 is 2.12 bits per heavy atom. The fourth-order valence-electron chi connectivity index (χ4n) is 2.50. The fourth-order valence-corrected chi connectivity index (χ4v) is 3.05. The molecule has 2 N–H and O–H groups in total. The maximum atomic E-state index is 12.3. The van der Waals surface area contributed by atoms with Crippen LogP contribution >= 0.6 is 11.7 Å². The van der Waals surface area contributed by atoms with Crippen LogP contribution in [0.1, 0.15) is 5.56 Å². The monoisotopic (exact) mass is 366 g/mol. The Morgan fingerprint density at radius 1 is 1.19 bits per heavy atom.